The average Bonchev–Trinajstić information content (AvgIpc) is 2.18. The fraction of sp³-hybridized carbons (Fsp3) is 0.533. The molecule has 0 radical (unpaired) electrons. The normalized spacial score (nSPS) is 12.3. The zero-order valence-electron chi connectivity index (χ0n) is 11.7. The van der Waals surface area contributed by atoms with E-state index in [0.717, 1.165) is 10.0 Å². The Morgan fingerprint density at radius 2 is 1.61 bits per heavy atom. The van der Waals surface area contributed by atoms with Gasteiger partial charge >= 0.3 is 5.97 Å². The molecule has 0 saturated carbocycles. The summed E-state index contributed by atoms with van der Waals surface area (Å²) < 4.78 is 6.49. The lowest BCUT2D eigenvalue weighted by atomic mass is 9.85. The third-order valence-electron chi connectivity index (χ3n) is 2.51. The summed E-state index contributed by atoms with van der Waals surface area (Å²) in [6, 6.07) is 8.02. The fourth-order valence-corrected chi connectivity index (χ4v) is 1.87. The van der Waals surface area contributed by atoms with Crippen LogP contribution in [0.2, 0.25) is 0 Å². The molecular weight excluding hydrogens is 292 g/mol. The van der Waals surface area contributed by atoms with Gasteiger partial charge in [0.1, 0.15) is 5.60 Å². The summed E-state index contributed by atoms with van der Waals surface area (Å²) in [5.41, 5.74) is 0.184. The number of ether oxygens (including phenoxy) is 1. The molecule has 0 aliphatic rings. The van der Waals surface area contributed by atoms with Crippen molar-refractivity contribution in [3.63, 3.8) is 0 Å². The minimum Gasteiger partial charge on any atom is -0.460 e. The molecule has 18 heavy (non-hydrogen) atoms. The molecule has 0 atom stereocenters. The third-order valence-corrected chi connectivity index (χ3v) is 3.04. The minimum absolute atomic E-state index is 0.155. The maximum Gasteiger partial charge on any atom is 0.312 e. The van der Waals surface area contributed by atoms with E-state index in [0.29, 0.717) is 6.42 Å². The van der Waals surface area contributed by atoms with Gasteiger partial charge in [0.2, 0.25) is 0 Å². The molecular formula is C15H21BrO2. The van der Waals surface area contributed by atoms with Gasteiger partial charge in [-0.05, 0) is 58.7 Å². The summed E-state index contributed by atoms with van der Waals surface area (Å²) >= 11 is 3.40. The first-order chi connectivity index (χ1) is 8.10. The van der Waals surface area contributed by atoms with Crippen molar-refractivity contribution < 1.29 is 9.53 Å². The SMILES string of the molecule is CC(C)(C)OC(=O)C(C)(C)Cc1ccc(Br)cc1. The Labute approximate surface area is 118 Å². The largest absolute Gasteiger partial charge is 0.460 e. The van der Waals surface area contributed by atoms with Gasteiger partial charge in [-0.1, -0.05) is 28.1 Å². The number of halogens is 1. The van der Waals surface area contributed by atoms with Crippen LogP contribution in [0, 0.1) is 5.41 Å². The predicted octanol–water partition coefficient (Wildman–Crippen LogP) is 4.36. The van der Waals surface area contributed by atoms with E-state index in [2.05, 4.69) is 15.9 Å². The van der Waals surface area contributed by atoms with E-state index >= 15 is 0 Å². The van der Waals surface area contributed by atoms with E-state index in [4.69, 9.17) is 4.74 Å². The van der Waals surface area contributed by atoms with Gasteiger partial charge in [0.15, 0.2) is 0 Å². The van der Waals surface area contributed by atoms with Crippen LogP contribution >= 0.6 is 15.9 Å². The topological polar surface area (TPSA) is 26.3 Å². The number of hydrogen-bond acceptors (Lipinski definition) is 2. The smallest absolute Gasteiger partial charge is 0.312 e. The second-order valence-corrected chi connectivity index (χ2v) is 7.10. The van der Waals surface area contributed by atoms with Gasteiger partial charge in [-0.2, -0.15) is 0 Å². The molecule has 0 N–H and O–H groups in total. The van der Waals surface area contributed by atoms with Crippen molar-refractivity contribution in [1.82, 2.24) is 0 Å². The number of rotatable bonds is 3. The molecule has 0 saturated heterocycles. The highest BCUT2D eigenvalue weighted by molar-refractivity contribution is 9.10. The van der Waals surface area contributed by atoms with Gasteiger partial charge in [-0.25, -0.2) is 0 Å². The molecule has 0 aromatic heterocycles. The third kappa shape index (κ3) is 4.81. The highest BCUT2D eigenvalue weighted by atomic mass is 79.9. The molecule has 0 spiro atoms. The van der Waals surface area contributed by atoms with Crippen LogP contribution in [0.3, 0.4) is 0 Å². The number of carbonyl (C=O) groups is 1. The first kappa shape index (κ1) is 15.2. The van der Waals surface area contributed by atoms with Crippen LogP contribution in [0.1, 0.15) is 40.2 Å². The first-order valence-corrected chi connectivity index (χ1v) is 6.87. The summed E-state index contributed by atoms with van der Waals surface area (Å²) in [5.74, 6) is -0.155. The number of carbonyl (C=O) groups excluding carboxylic acids is 1. The van der Waals surface area contributed by atoms with Gasteiger partial charge in [0.05, 0.1) is 5.41 Å². The monoisotopic (exact) mass is 312 g/mol. The second kappa shape index (κ2) is 5.43. The maximum absolute atomic E-state index is 12.1. The first-order valence-electron chi connectivity index (χ1n) is 6.08. The number of benzene rings is 1. The molecule has 0 aliphatic carbocycles. The molecule has 0 amide bonds. The number of hydrogen-bond donors (Lipinski definition) is 0. The molecule has 3 heteroatoms. The van der Waals surface area contributed by atoms with E-state index in [1.807, 2.05) is 58.9 Å². The van der Waals surface area contributed by atoms with E-state index in [9.17, 15) is 4.79 Å². The van der Waals surface area contributed by atoms with E-state index in [1.54, 1.807) is 0 Å². The Morgan fingerprint density at radius 1 is 1.11 bits per heavy atom. The Hall–Kier alpha value is -0.830. The molecule has 0 unspecified atom stereocenters. The molecule has 0 heterocycles. The molecule has 0 bridgehead atoms. The van der Waals surface area contributed by atoms with Crippen LogP contribution in [0.4, 0.5) is 0 Å². The minimum atomic E-state index is -0.513. The van der Waals surface area contributed by atoms with Gasteiger partial charge in [-0.15, -0.1) is 0 Å². The van der Waals surface area contributed by atoms with Crippen molar-refractivity contribution in [2.24, 2.45) is 5.41 Å². The predicted molar refractivity (Wildman–Crippen MR) is 77.5 cm³/mol. The molecule has 2 nitrogen and oxygen atoms in total. The Morgan fingerprint density at radius 3 is 2.06 bits per heavy atom. The van der Waals surface area contributed by atoms with Crippen molar-refractivity contribution in [3.05, 3.63) is 34.3 Å². The van der Waals surface area contributed by atoms with Crippen LogP contribution in [-0.4, -0.2) is 11.6 Å². The summed E-state index contributed by atoms with van der Waals surface area (Å²) in [5, 5.41) is 0. The zero-order chi connectivity index (χ0) is 14.0. The molecule has 0 aliphatic heterocycles. The summed E-state index contributed by atoms with van der Waals surface area (Å²) in [6.07, 6.45) is 0.676. The van der Waals surface area contributed by atoms with Crippen LogP contribution in [-0.2, 0) is 16.0 Å². The van der Waals surface area contributed by atoms with E-state index in [1.165, 1.54) is 0 Å². The standard InChI is InChI=1S/C15H21BrO2/c1-14(2,3)18-13(17)15(4,5)10-11-6-8-12(16)9-7-11/h6-9H,10H2,1-5H3. The lowest BCUT2D eigenvalue weighted by molar-refractivity contribution is -0.165. The number of esters is 1. The van der Waals surface area contributed by atoms with Crippen LogP contribution < -0.4 is 0 Å². The van der Waals surface area contributed by atoms with Crippen LogP contribution in [0.5, 0.6) is 0 Å². The molecule has 100 valence electrons. The van der Waals surface area contributed by atoms with Crippen molar-refractivity contribution in [2.75, 3.05) is 0 Å². The van der Waals surface area contributed by atoms with E-state index in [-0.39, 0.29) is 5.97 Å². The van der Waals surface area contributed by atoms with Gasteiger partial charge in [0.25, 0.3) is 0 Å². The van der Waals surface area contributed by atoms with Crippen LogP contribution in [0.25, 0.3) is 0 Å². The Balaban J connectivity index is 2.75. The molecule has 1 aromatic carbocycles. The van der Waals surface area contributed by atoms with Gasteiger partial charge in [0, 0.05) is 4.47 Å². The zero-order valence-corrected chi connectivity index (χ0v) is 13.3. The Bertz CT molecular complexity index is 413. The highest BCUT2D eigenvalue weighted by Gasteiger charge is 2.32. The van der Waals surface area contributed by atoms with Crippen molar-refractivity contribution in [3.8, 4) is 0 Å². The van der Waals surface area contributed by atoms with E-state index < -0.39 is 11.0 Å². The average molecular weight is 313 g/mol. The van der Waals surface area contributed by atoms with Crippen molar-refractivity contribution in [2.45, 2.75) is 46.6 Å². The Kier molecular flexibility index (Phi) is 4.60. The quantitative estimate of drug-likeness (QED) is 0.775. The van der Waals surface area contributed by atoms with Gasteiger partial charge < -0.3 is 4.74 Å². The fourth-order valence-electron chi connectivity index (χ4n) is 1.60. The molecule has 1 rings (SSSR count). The van der Waals surface area contributed by atoms with Crippen molar-refractivity contribution >= 4 is 21.9 Å². The summed E-state index contributed by atoms with van der Waals surface area (Å²) in [4.78, 5) is 12.1. The van der Waals surface area contributed by atoms with Crippen molar-refractivity contribution in [1.29, 1.82) is 0 Å². The summed E-state index contributed by atoms with van der Waals surface area (Å²) in [6.45, 7) is 9.51. The maximum atomic E-state index is 12.1. The molecule has 1 aromatic rings. The molecule has 0 fully saturated rings. The lowest BCUT2D eigenvalue weighted by Crippen LogP contribution is -2.35. The highest BCUT2D eigenvalue weighted by Crippen LogP contribution is 2.26. The van der Waals surface area contributed by atoms with Gasteiger partial charge in [-0.3, -0.25) is 4.79 Å². The summed E-state index contributed by atoms with van der Waals surface area (Å²) in [7, 11) is 0. The second-order valence-electron chi connectivity index (χ2n) is 6.19. The van der Waals surface area contributed by atoms with Crippen LogP contribution in [0.15, 0.2) is 28.7 Å². The lowest BCUT2D eigenvalue weighted by Gasteiger charge is -2.28.